The highest BCUT2D eigenvalue weighted by Gasteiger charge is 2.34. The molecule has 0 bridgehead atoms. The number of ketones is 2. The largest absolute Gasteiger partial charge is 0.379 e. The number of sulfonamides is 1. The van der Waals surface area contributed by atoms with Crippen molar-refractivity contribution < 1.29 is 22.7 Å². The number of hydrogen-bond acceptors (Lipinski definition) is 5. The Labute approximate surface area is 158 Å². The fourth-order valence-electron chi connectivity index (χ4n) is 3.01. The maximum atomic E-state index is 12.9. The van der Waals surface area contributed by atoms with E-state index in [0.29, 0.717) is 18.6 Å². The SMILES string of the molecule is CC(C)OCCCNS(=O)(=O)c1cccc2c1C(=O)c1ccccc1C2=O. The van der Waals surface area contributed by atoms with Crippen molar-refractivity contribution in [1.82, 2.24) is 4.72 Å². The first-order valence-corrected chi connectivity index (χ1v) is 10.2. The van der Waals surface area contributed by atoms with Crippen molar-refractivity contribution in [3.05, 3.63) is 64.7 Å². The number of carbonyl (C=O) groups is 2. The normalized spacial score (nSPS) is 13.6. The van der Waals surface area contributed by atoms with Gasteiger partial charge in [0, 0.05) is 29.8 Å². The maximum Gasteiger partial charge on any atom is 0.241 e. The van der Waals surface area contributed by atoms with Crippen molar-refractivity contribution in [3.63, 3.8) is 0 Å². The Hall–Kier alpha value is -2.35. The summed E-state index contributed by atoms with van der Waals surface area (Å²) in [6, 6.07) is 10.8. The van der Waals surface area contributed by atoms with Crippen LogP contribution in [0.25, 0.3) is 0 Å². The van der Waals surface area contributed by atoms with Crippen molar-refractivity contribution in [3.8, 4) is 0 Å². The van der Waals surface area contributed by atoms with E-state index < -0.39 is 15.8 Å². The second-order valence-corrected chi connectivity index (χ2v) is 8.29. The predicted molar refractivity (Wildman–Crippen MR) is 101 cm³/mol. The van der Waals surface area contributed by atoms with E-state index in [9.17, 15) is 18.0 Å². The number of hydrogen-bond donors (Lipinski definition) is 1. The van der Waals surface area contributed by atoms with Gasteiger partial charge in [-0.2, -0.15) is 0 Å². The zero-order valence-corrected chi connectivity index (χ0v) is 16.0. The highest BCUT2D eigenvalue weighted by molar-refractivity contribution is 7.89. The molecule has 2 aromatic rings. The van der Waals surface area contributed by atoms with Crippen LogP contribution in [0.15, 0.2) is 47.4 Å². The second-order valence-electron chi connectivity index (χ2n) is 6.55. The third-order valence-electron chi connectivity index (χ3n) is 4.27. The minimum atomic E-state index is -3.94. The summed E-state index contributed by atoms with van der Waals surface area (Å²) in [7, 11) is -3.94. The molecule has 6 nitrogen and oxygen atoms in total. The smallest absolute Gasteiger partial charge is 0.241 e. The van der Waals surface area contributed by atoms with Gasteiger partial charge in [0.2, 0.25) is 10.0 Å². The lowest BCUT2D eigenvalue weighted by molar-refractivity contribution is 0.0778. The first kappa shape index (κ1) is 19.4. The number of benzene rings is 2. The Kier molecular flexibility index (Phi) is 5.55. The fraction of sp³-hybridized carbons (Fsp3) is 0.300. The molecule has 0 heterocycles. The van der Waals surface area contributed by atoms with Gasteiger partial charge in [-0.1, -0.05) is 36.4 Å². The van der Waals surface area contributed by atoms with Crippen LogP contribution in [0.5, 0.6) is 0 Å². The summed E-state index contributed by atoms with van der Waals surface area (Å²) in [4.78, 5) is 25.5. The van der Waals surface area contributed by atoms with E-state index in [4.69, 9.17) is 4.74 Å². The molecular formula is C20H21NO5S. The van der Waals surface area contributed by atoms with Gasteiger partial charge in [0.15, 0.2) is 11.6 Å². The molecule has 142 valence electrons. The second kappa shape index (κ2) is 7.72. The fourth-order valence-corrected chi connectivity index (χ4v) is 4.31. The van der Waals surface area contributed by atoms with Crippen molar-refractivity contribution >= 4 is 21.6 Å². The Morgan fingerprint density at radius 3 is 2.22 bits per heavy atom. The van der Waals surface area contributed by atoms with Crippen LogP contribution >= 0.6 is 0 Å². The zero-order valence-electron chi connectivity index (χ0n) is 15.2. The molecule has 2 aromatic carbocycles. The Bertz CT molecular complexity index is 995. The lowest BCUT2D eigenvalue weighted by Gasteiger charge is -2.20. The third kappa shape index (κ3) is 3.85. The molecule has 0 fully saturated rings. The molecule has 0 radical (unpaired) electrons. The van der Waals surface area contributed by atoms with Crippen molar-refractivity contribution in [2.24, 2.45) is 0 Å². The standard InChI is InChI=1S/C20H21NO5S/c1-13(2)26-12-6-11-21-27(24,25)17-10-5-9-16-18(17)20(23)15-8-4-3-7-14(15)19(16)22/h3-5,7-10,13,21H,6,11-12H2,1-2H3. The van der Waals surface area contributed by atoms with Gasteiger partial charge >= 0.3 is 0 Å². The minimum Gasteiger partial charge on any atom is -0.379 e. The molecule has 27 heavy (non-hydrogen) atoms. The Morgan fingerprint density at radius 1 is 0.926 bits per heavy atom. The van der Waals surface area contributed by atoms with Crippen LogP contribution in [0.4, 0.5) is 0 Å². The van der Waals surface area contributed by atoms with Crippen molar-refractivity contribution in [2.75, 3.05) is 13.2 Å². The van der Waals surface area contributed by atoms with E-state index in [-0.39, 0.29) is 40.0 Å². The lowest BCUT2D eigenvalue weighted by Crippen LogP contribution is -2.30. The van der Waals surface area contributed by atoms with Crippen LogP contribution in [0.2, 0.25) is 0 Å². The zero-order chi connectivity index (χ0) is 19.6. The molecule has 0 atom stereocenters. The van der Waals surface area contributed by atoms with Gasteiger partial charge in [0.1, 0.15) is 0 Å². The van der Waals surface area contributed by atoms with Gasteiger partial charge in [-0.05, 0) is 26.3 Å². The lowest BCUT2D eigenvalue weighted by atomic mass is 9.84. The van der Waals surface area contributed by atoms with Crippen LogP contribution in [-0.4, -0.2) is 39.2 Å². The van der Waals surface area contributed by atoms with Gasteiger partial charge in [0.05, 0.1) is 16.6 Å². The molecule has 1 N–H and O–H groups in total. The average molecular weight is 387 g/mol. The van der Waals surface area contributed by atoms with E-state index in [1.807, 2.05) is 13.8 Å². The molecule has 0 aromatic heterocycles. The van der Waals surface area contributed by atoms with E-state index in [2.05, 4.69) is 4.72 Å². The summed E-state index contributed by atoms with van der Waals surface area (Å²) in [5, 5.41) is 0. The van der Waals surface area contributed by atoms with Gasteiger partial charge < -0.3 is 4.74 Å². The van der Waals surface area contributed by atoms with Crippen LogP contribution in [0, 0.1) is 0 Å². The summed E-state index contributed by atoms with van der Waals surface area (Å²) in [5.41, 5.74) is 0.572. The van der Waals surface area contributed by atoms with Crippen LogP contribution in [0.1, 0.15) is 52.1 Å². The third-order valence-corrected chi connectivity index (χ3v) is 5.77. The monoisotopic (exact) mass is 387 g/mol. The van der Waals surface area contributed by atoms with Gasteiger partial charge in [0.25, 0.3) is 0 Å². The molecule has 0 aliphatic heterocycles. The number of carbonyl (C=O) groups excluding carboxylic acids is 2. The molecule has 7 heteroatoms. The summed E-state index contributed by atoms with van der Waals surface area (Å²) < 4.78 is 33.4. The van der Waals surface area contributed by atoms with Crippen LogP contribution in [0.3, 0.4) is 0 Å². The number of rotatable bonds is 7. The first-order chi connectivity index (χ1) is 12.8. The first-order valence-electron chi connectivity index (χ1n) is 8.75. The van der Waals surface area contributed by atoms with Gasteiger partial charge in [-0.25, -0.2) is 13.1 Å². The topological polar surface area (TPSA) is 89.5 Å². The number of nitrogens with one attached hydrogen (secondary N) is 1. The Balaban J connectivity index is 1.90. The number of fused-ring (bicyclic) bond motifs is 2. The molecule has 0 saturated carbocycles. The van der Waals surface area contributed by atoms with E-state index >= 15 is 0 Å². The number of ether oxygens (including phenoxy) is 1. The molecule has 0 spiro atoms. The summed E-state index contributed by atoms with van der Waals surface area (Å²) >= 11 is 0. The average Bonchev–Trinajstić information content (AvgIpc) is 2.65. The van der Waals surface area contributed by atoms with Gasteiger partial charge in [-0.15, -0.1) is 0 Å². The van der Waals surface area contributed by atoms with Crippen molar-refractivity contribution in [1.29, 1.82) is 0 Å². The molecule has 0 amide bonds. The highest BCUT2D eigenvalue weighted by atomic mass is 32.2. The highest BCUT2D eigenvalue weighted by Crippen LogP contribution is 2.31. The van der Waals surface area contributed by atoms with Crippen molar-refractivity contribution in [2.45, 2.75) is 31.3 Å². The van der Waals surface area contributed by atoms with E-state index in [1.54, 1.807) is 24.3 Å². The van der Waals surface area contributed by atoms with E-state index in [1.165, 1.54) is 18.2 Å². The maximum absolute atomic E-state index is 12.9. The summed E-state index contributed by atoms with van der Waals surface area (Å²) in [5.74, 6) is -0.799. The molecule has 0 saturated heterocycles. The summed E-state index contributed by atoms with van der Waals surface area (Å²) in [6.45, 7) is 4.41. The molecular weight excluding hydrogens is 366 g/mol. The predicted octanol–water partition coefficient (Wildman–Crippen LogP) is 2.56. The minimum absolute atomic E-state index is 0.0628. The summed E-state index contributed by atoms with van der Waals surface area (Å²) in [6.07, 6.45) is 0.578. The van der Waals surface area contributed by atoms with E-state index in [0.717, 1.165) is 0 Å². The van der Waals surface area contributed by atoms with Crippen LogP contribution in [-0.2, 0) is 14.8 Å². The Morgan fingerprint density at radius 2 is 1.56 bits per heavy atom. The quantitative estimate of drug-likeness (QED) is 0.629. The van der Waals surface area contributed by atoms with Crippen LogP contribution < -0.4 is 4.72 Å². The molecule has 3 rings (SSSR count). The molecule has 1 aliphatic carbocycles. The van der Waals surface area contributed by atoms with Gasteiger partial charge in [-0.3, -0.25) is 9.59 Å². The molecule has 1 aliphatic rings. The molecule has 0 unspecified atom stereocenters.